The van der Waals surface area contributed by atoms with Crippen molar-refractivity contribution in [2.75, 3.05) is 11.9 Å². The second-order valence-corrected chi connectivity index (χ2v) is 6.77. The van der Waals surface area contributed by atoms with Crippen LogP contribution in [0.25, 0.3) is 0 Å². The summed E-state index contributed by atoms with van der Waals surface area (Å²) < 4.78 is 0. The van der Waals surface area contributed by atoms with Crippen molar-refractivity contribution in [3.05, 3.63) is 69.8 Å². The number of amides is 4. The minimum absolute atomic E-state index is 0.00229. The van der Waals surface area contributed by atoms with Gasteiger partial charge in [0.2, 0.25) is 5.91 Å². The number of aryl methyl sites for hydroxylation is 1. The number of hydrogen-bond donors (Lipinski definition) is 2. The van der Waals surface area contributed by atoms with Crippen molar-refractivity contribution in [1.29, 1.82) is 0 Å². The second kappa shape index (κ2) is 7.70. The standard InChI is InChI=1S/C20H20N4O5/c1-3-20(14-7-5-4-6-8-14)18(26)23(19(27)22-20)12-17(25)21-15-10-9-13(2)11-16(15)24(28)29/h4-11H,3,12H2,1-2H3,(H,21,25)(H,22,27)/t20-/m0/s1. The van der Waals surface area contributed by atoms with Crippen LogP contribution in [0, 0.1) is 17.0 Å². The molecule has 9 nitrogen and oxygen atoms in total. The highest BCUT2D eigenvalue weighted by Crippen LogP contribution is 2.32. The Morgan fingerprint density at radius 1 is 1.21 bits per heavy atom. The lowest BCUT2D eigenvalue weighted by Gasteiger charge is -2.25. The molecule has 0 aliphatic carbocycles. The average molecular weight is 396 g/mol. The maximum absolute atomic E-state index is 13.0. The molecule has 9 heteroatoms. The lowest BCUT2D eigenvalue weighted by molar-refractivity contribution is -0.384. The van der Waals surface area contributed by atoms with Crippen LogP contribution in [0.5, 0.6) is 0 Å². The van der Waals surface area contributed by atoms with Crippen LogP contribution in [-0.2, 0) is 15.1 Å². The molecule has 3 rings (SSSR count). The van der Waals surface area contributed by atoms with Crippen LogP contribution in [-0.4, -0.2) is 34.2 Å². The first-order chi connectivity index (χ1) is 13.8. The Bertz CT molecular complexity index is 992. The van der Waals surface area contributed by atoms with Gasteiger partial charge in [0.15, 0.2) is 0 Å². The van der Waals surface area contributed by atoms with E-state index in [2.05, 4.69) is 10.6 Å². The van der Waals surface area contributed by atoms with E-state index in [1.807, 2.05) is 0 Å². The molecule has 29 heavy (non-hydrogen) atoms. The van der Waals surface area contributed by atoms with Crippen molar-refractivity contribution in [3.63, 3.8) is 0 Å². The molecule has 1 aliphatic heterocycles. The van der Waals surface area contributed by atoms with Gasteiger partial charge in [-0.25, -0.2) is 4.79 Å². The van der Waals surface area contributed by atoms with Gasteiger partial charge in [-0.2, -0.15) is 0 Å². The molecular weight excluding hydrogens is 376 g/mol. The van der Waals surface area contributed by atoms with Crippen LogP contribution in [0.15, 0.2) is 48.5 Å². The molecule has 0 bridgehead atoms. The number of benzene rings is 2. The van der Waals surface area contributed by atoms with Gasteiger partial charge in [-0.1, -0.05) is 43.3 Å². The second-order valence-electron chi connectivity index (χ2n) is 6.77. The van der Waals surface area contributed by atoms with Gasteiger partial charge in [0, 0.05) is 6.07 Å². The van der Waals surface area contributed by atoms with E-state index in [0.29, 0.717) is 17.5 Å². The third-order valence-corrected chi connectivity index (χ3v) is 4.90. The van der Waals surface area contributed by atoms with Gasteiger partial charge < -0.3 is 10.6 Å². The molecule has 0 aromatic heterocycles. The largest absolute Gasteiger partial charge is 0.325 e. The highest BCUT2D eigenvalue weighted by molar-refractivity contribution is 6.10. The molecule has 1 saturated heterocycles. The Kier molecular flexibility index (Phi) is 5.31. The molecule has 1 fully saturated rings. The number of nitro benzene ring substituents is 1. The van der Waals surface area contributed by atoms with Gasteiger partial charge in [0.1, 0.15) is 17.8 Å². The van der Waals surface area contributed by atoms with E-state index in [0.717, 1.165) is 4.90 Å². The Labute approximate surface area is 166 Å². The number of nitrogens with one attached hydrogen (secondary N) is 2. The molecule has 1 heterocycles. The van der Waals surface area contributed by atoms with Crippen molar-refractivity contribution >= 4 is 29.2 Å². The number of hydrogen-bond acceptors (Lipinski definition) is 5. The van der Waals surface area contributed by atoms with Crippen LogP contribution in [0.4, 0.5) is 16.2 Å². The third kappa shape index (κ3) is 3.66. The summed E-state index contributed by atoms with van der Waals surface area (Å²) in [5.74, 6) is -1.25. The van der Waals surface area contributed by atoms with E-state index in [9.17, 15) is 24.5 Å². The highest BCUT2D eigenvalue weighted by atomic mass is 16.6. The van der Waals surface area contributed by atoms with Crippen LogP contribution >= 0.6 is 0 Å². The van der Waals surface area contributed by atoms with Crippen molar-refractivity contribution in [2.45, 2.75) is 25.8 Å². The third-order valence-electron chi connectivity index (χ3n) is 4.90. The quantitative estimate of drug-likeness (QED) is 0.442. The van der Waals surface area contributed by atoms with Gasteiger partial charge >= 0.3 is 6.03 Å². The normalized spacial score (nSPS) is 18.5. The molecule has 0 unspecified atom stereocenters. The van der Waals surface area contributed by atoms with Gasteiger partial charge in [-0.3, -0.25) is 24.6 Å². The smallest absolute Gasteiger partial charge is 0.319 e. The molecule has 1 atom stereocenters. The van der Waals surface area contributed by atoms with Crippen LogP contribution < -0.4 is 10.6 Å². The van der Waals surface area contributed by atoms with Crippen molar-refractivity contribution in [2.24, 2.45) is 0 Å². The first kappa shape index (κ1) is 20.0. The SMILES string of the molecule is CC[C@@]1(c2ccccc2)NC(=O)N(CC(=O)Nc2ccc(C)cc2[N+](=O)[O-])C1=O. The predicted octanol–water partition coefficient (Wildman–Crippen LogP) is 2.70. The zero-order valence-electron chi connectivity index (χ0n) is 16.0. The first-order valence-corrected chi connectivity index (χ1v) is 9.03. The first-order valence-electron chi connectivity index (χ1n) is 9.03. The van der Waals surface area contributed by atoms with E-state index < -0.39 is 34.9 Å². The summed E-state index contributed by atoms with van der Waals surface area (Å²) in [6, 6.07) is 12.5. The summed E-state index contributed by atoms with van der Waals surface area (Å²) in [7, 11) is 0. The summed E-state index contributed by atoms with van der Waals surface area (Å²) >= 11 is 0. The summed E-state index contributed by atoms with van der Waals surface area (Å²) in [6.45, 7) is 2.91. The van der Waals surface area contributed by atoms with E-state index in [4.69, 9.17) is 0 Å². The molecule has 150 valence electrons. The van der Waals surface area contributed by atoms with Gasteiger partial charge in [0.25, 0.3) is 11.6 Å². The summed E-state index contributed by atoms with van der Waals surface area (Å²) in [5.41, 5.74) is -0.211. The molecule has 0 saturated carbocycles. The number of nitrogens with zero attached hydrogens (tertiary/aromatic N) is 2. The molecule has 1 aliphatic rings. The van der Waals surface area contributed by atoms with E-state index in [-0.39, 0.29) is 11.4 Å². The maximum Gasteiger partial charge on any atom is 0.325 e. The topological polar surface area (TPSA) is 122 Å². The summed E-state index contributed by atoms with van der Waals surface area (Å²) in [4.78, 5) is 49.4. The van der Waals surface area contributed by atoms with Gasteiger partial charge in [-0.05, 0) is 30.5 Å². The Hall–Kier alpha value is -3.75. The molecule has 2 aromatic rings. The molecule has 0 radical (unpaired) electrons. The lowest BCUT2D eigenvalue weighted by atomic mass is 9.87. The maximum atomic E-state index is 13.0. The molecule has 2 aromatic carbocycles. The minimum Gasteiger partial charge on any atom is -0.319 e. The number of carbonyl (C=O) groups is 3. The Balaban J connectivity index is 1.80. The number of carbonyl (C=O) groups excluding carboxylic acids is 3. The van der Waals surface area contributed by atoms with Gasteiger partial charge in [0.05, 0.1) is 4.92 Å². The number of urea groups is 1. The van der Waals surface area contributed by atoms with Crippen molar-refractivity contribution in [3.8, 4) is 0 Å². The number of anilines is 1. The van der Waals surface area contributed by atoms with Gasteiger partial charge in [-0.15, -0.1) is 0 Å². The fraction of sp³-hybridized carbons (Fsp3) is 0.250. The number of nitro groups is 1. The number of imide groups is 1. The fourth-order valence-corrected chi connectivity index (χ4v) is 3.36. The lowest BCUT2D eigenvalue weighted by Crippen LogP contribution is -2.44. The van der Waals surface area contributed by atoms with Crippen LogP contribution in [0.3, 0.4) is 0 Å². The van der Waals surface area contributed by atoms with Crippen molar-refractivity contribution < 1.29 is 19.3 Å². The monoisotopic (exact) mass is 396 g/mol. The number of rotatable bonds is 6. The fourth-order valence-electron chi connectivity index (χ4n) is 3.36. The van der Waals surface area contributed by atoms with Crippen LogP contribution in [0.1, 0.15) is 24.5 Å². The molecular formula is C20H20N4O5. The Morgan fingerprint density at radius 2 is 1.90 bits per heavy atom. The predicted molar refractivity (Wildman–Crippen MR) is 105 cm³/mol. The molecule has 4 amide bonds. The molecule has 2 N–H and O–H groups in total. The zero-order valence-corrected chi connectivity index (χ0v) is 16.0. The van der Waals surface area contributed by atoms with E-state index in [1.54, 1.807) is 50.2 Å². The van der Waals surface area contributed by atoms with E-state index in [1.165, 1.54) is 12.1 Å². The summed E-state index contributed by atoms with van der Waals surface area (Å²) in [5, 5.41) is 16.3. The molecule has 0 spiro atoms. The van der Waals surface area contributed by atoms with Crippen molar-refractivity contribution in [1.82, 2.24) is 10.2 Å². The Morgan fingerprint density at radius 3 is 2.52 bits per heavy atom. The average Bonchev–Trinajstić information content (AvgIpc) is 2.95. The zero-order chi connectivity index (χ0) is 21.2. The van der Waals surface area contributed by atoms with Crippen LogP contribution in [0.2, 0.25) is 0 Å². The highest BCUT2D eigenvalue weighted by Gasteiger charge is 2.51. The van der Waals surface area contributed by atoms with E-state index >= 15 is 0 Å². The minimum atomic E-state index is -1.24. The summed E-state index contributed by atoms with van der Waals surface area (Å²) in [6.07, 6.45) is 0.309.